The molecule has 0 unspecified atom stereocenters. The highest BCUT2D eigenvalue weighted by atomic mass is 32.2. The van der Waals surface area contributed by atoms with Crippen LogP contribution in [0.25, 0.3) is 0 Å². The van der Waals surface area contributed by atoms with Gasteiger partial charge in [0.15, 0.2) is 0 Å². The molecule has 0 saturated heterocycles. The van der Waals surface area contributed by atoms with Gasteiger partial charge in [-0.05, 0) is 11.1 Å². The molecule has 0 aliphatic heterocycles. The largest absolute Gasteiger partial charge is 0.383 e. The average molecular weight is 272 g/mol. The van der Waals surface area contributed by atoms with Crippen molar-refractivity contribution < 1.29 is 13.2 Å². The molecule has 6 heteroatoms. The maximum absolute atomic E-state index is 12.0. The van der Waals surface area contributed by atoms with Crippen LogP contribution in [0.2, 0.25) is 0 Å². The van der Waals surface area contributed by atoms with Crippen LogP contribution >= 0.6 is 0 Å². The molecule has 18 heavy (non-hydrogen) atoms. The minimum absolute atomic E-state index is 0.00192. The van der Waals surface area contributed by atoms with E-state index in [0.717, 1.165) is 11.1 Å². The molecular formula is C12H20N2O3S. The zero-order valence-corrected chi connectivity index (χ0v) is 11.6. The summed E-state index contributed by atoms with van der Waals surface area (Å²) in [5.41, 5.74) is 7.24. The number of rotatable bonds is 7. The first kappa shape index (κ1) is 15.1. The molecule has 1 rings (SSSR count). The number of nitrogens with two attached hydrogens (primary N) is 1. The summed E-state index contributed by atoms with van der Waals surface area (Å²) in [5, 5.41) is 0. The molecule has 1 aromatic rings. The molecule has 0 heterocycles. The van der Waals surface area contributed by atoms with Gasteiger partial charge in [-0.25, -0.2) is 12.7 Å². The maximum atomic E-state index is 12.0. The number of hydrogen-bond donors (Lipinski definition) is 1. The van der Waals surface area contributed by atoms with Gasteiger partial charge in [0.2, 0.25) is 10.0 Å². The van der Waals surface area contributed by atoms with Gasteiger partial charge < -0.3 is 10.5 Å². The van der Waals surface area contributed by atoms with Crippen molar-refractivity contribution in [1.29, 1.82) is 0 Å². The van der Waals surface area contributed by atoms with Crippen LogP contribution in [0.5, 0.6) is 0 Å². The van der Waals surface area contributed by atoms with Gasteiger partial charge in [0.05, 0.1) is 12.4 Å². The number of sulfonamides is 1. The molecule has 102 valence electrons. The number of benzene rings is 1. The third-order valence-electron chi connectivity index (χ3n) is 2.69. The first-order chi connectivity index (χ1) is 8.49. The highest BCUT2D eigenvalue weighted by molar-refractivity contribution is 7.88. The molecule has 1 aromatic carbocycles. The van der Waals surface area contributed by atoms with Gasteiger partial charge in [-0.15, -0.1) is 0 Å². The maximum Gasteiger partial charge on any atom is 0.218 e. The molecular weight excluding hydrogens is 252 g/mol. The Kier molecular flexibility index (Phi) is 5.74. The van der Waals surface area contributed by atoms with E-state index in [2.05, 4.69) is 0 Å². The van der Waals surface area contributed by atoms with Crippen molar-refractivity contribution in [2.45, 2.75) is 12.3 Å². The molecule has 0 aromatic heterocycles. The fourth-order valence-electron chi connectivity index (χ4n) is 1.45. The Morgan fingerprint density at radius 1 is 1.22 bits per heavy atom. The topological polar surface area (TPSA) is 72.6 Å². The monoisotopic (exact) mass is 272 g/mol. The second-order valence-corrected chi connectivity index (χ2v) is 6.17. The van der Waals surface area contributed by atoms with Gasteiger partial charge >= 0.3 is 0 Å². The van der Waals surface area contributed by atoms with Crippen LogP contribution in [0.3, 0.4) is 0 Å². The molecule has 0 amide bonds. The Morgan fingerprint density at radius 2 is 1.78 bits per heavy atom. The number of hydrogen-bond acceptors (Lipinski definition) is 4. The molecule has 0 saturated carbocycles. The Bertz CT molecular complexity index is 457. The van der Waals surface area contributed by atoms with E-state index in [4.69, 9.17) is 10.5 Å². The molecule has 5 nitrogen and oxygen atoms in total. The first-order valence-corrected chi connectivity index (χ1v) is 7.31. The lowest BCUT2D eigenvalue weighted by molar-refractivity contribution is 0.185. The van der Waals surface area contributed by atoms with Crippen molar-refractivity contribution in [3.8, 4) is 0 Å². The number of ether oxygens (including phenoxy) is 1. The van der Waals surface area contributed by atoms with Crippen molar-refractivity contribution in [2.24, 2.45) is 5.73 Å². The van der Waals surface area contributed by atoms with Crippen molar-refractivity contribution in [1.82, 2.24) is 4.31 Å². The summed E-state index contributed by atoms with van der Waals surface area (Å²) in [6.07, 6.45) is 0. The second kappa shape index (κ2) is 6.84. The van der Waals surface area contributed by atoms with E-state index < -0.39 is 10.0 Å². The summed E-state index contributed by atoms with van der Waals surface area (Å²) in [7, 11) is -0.177. The minimum Gasteiger partial charge on any atom is -0.383 e. The zero-order valence-electron chi connectivity index (χ0n) is 10.8. The lowest BCUT2D eigenvalue weighted by Crippen LogP contribution is -2.31. The quantitative estimate of drug-likeness (QED) is 0.787. The predicted octanol–water partition coefficient (Wildman–Crippen LogP) is 0.553. The smallest absolute Gasteiger partial charge is 0.218 e. The predicted molar refractivity (Wildman–Crippen MR) is 71.5 cm³/mol. The van der Waals surface area contributed by atoms with E-state index in [9.17, 15) is 8.42 Å². The Balaban J connectivity index is 2.69. The molecule has 0 bridgehead atoms. The van der Waals surface area contributed by atoms with Gasteiger partial charge in [-0.1, -0.05) is 24.3 Å². The van der Waals surface area contributed by atoms with Gasteiger partial charge in [-0.3, -0.25) is 0 Å². The normalized spacial score (nSPS) is 12.0. The van der Waals surface area contributed by atoms with Crippen LogP contribution in [0.1, 0.15) is 11.1 Å². The summed E-state index contributed by atoms with van der Waals surface area (Å²) in [4.78, 5) is 0. The molecule has 0 fully saturated rings. The van der Waals surface area contributed by atoms with Crippen molar-refractivity contribution >= 4 is 10.0 Å². The molecule has 0 spiro atoms. The molecule has 2 N–H and O–H groups in total. The van der Waals surface area contributed by atoms with Crippen LogP contribution in [0, 0.1) is 0 Å². The van der Waals surface area contributed by atoms with Crippen molar-refractivity contribution in [3.63, 3.8) is 0 Å². The summed E-state index contributed by atoms with van der Waals surface area (Å²) >= 11 is 0. The lowest BCUT2D eigenvalue weighted by atomic mass is 10.1. The molecule has 0 atom stereocenters. The number of methoxy groups -OCH3 is 1. The van der Waals surface area contributed by atoms with Crippen LogP contribution in [0.4, 0.5) is 0 Å². The van der Waals surface area contributed by atoms with Crippen LogP contribution < -0.4 is 5.73 Å². The summed E-state index contributed by atoms with van der Waals surface area (Å²) in [6.45, 7) is 1.21. The van der Waals surface area contributed by atoms with E-state index in [1.807, 2.05) is 12.1 Å². The highest BCUT2D eigenvalue weighted by Crippen LogP contribution is 2.10. The summed E-state index contributed by atoms with van der Waals surface area (Å²) < 4.78 is 30.2. The van der Waals surface area contributed by atoms with E-state index in [0.29, 0.717) is 19.7 Å². The number of likely N-dealkylation sites (N-methyl/N-ethyl adjacent to an activating group) is 1. The number of nitrogens with zero attached hydrogens (tertiary/aromatic N) is 1. The van der Waals surface area contributed by atoms with Crippen molar-refractivity contribution in [3.05, 3.63) is 35.4 Å². The third kappa shape index (κ3) is 4.38. The zero-order chi connectivity index (χ0) is 13.6. The fourth-order valence-corrected chi connectivity index (χ4v) is 2.64. The Hall–Kier alpha value is -0.950. The molecule has 0 radical (unpaired) electrons. The molecule has 0 aliphatic rings. The average Bonchev–Trinajstić information content (AvgIpc) is 2.36. The van der Waals surface area contributed by atoms with Gasteiger partial charge in [0.25, 0.3) is 0 Å². The van der Waals surface area contributed by atoms with Gasteiger partial charge in [0.1, 0.15) is 0 Å². The SMILES string of the molecule is COCCN(C)S(=O)(=O)Cc1ccc(CN)cc1. The van der Waals surface area contributed by atoms with Gasteiger partial charge in [-0.2, -0.15) is 0 Å². The van der Waals surface area contributed by atoms with E-state index in [1.165, 1.54) is 4.31 Å². The van der Waals surface area contributed by atoms with Crippen molar-refractivity contribution in [2.75, 3.05) is 27.3 Å². The first-order valence-electron chi connectivity index (χ1n) is 5.70. The standard InChI is InChI=1S/C12H20N2O3S/c1-14(7-8-17-2)18(15,16)10-12-5-3-11(9-13)4-6-12/h3-6H,7-10,13H2,1-2H3. The fraction of sp³-hybridized carbons (Fsp3) is 0.500. The molecule has 0 aliphatic carbocycles. The van der Waals surface area contributed by atoms with E-state index in [1.54, 1.807) is 26.3 Å². The summed E-state index contributed by atoms with van der Waals surface area (Å²) in [6, 6.07) is 7.29. The lowest BCUT2D eigenvalue weighted by Gasteiger charge is -2.16. The summed E-state index contributed by atoms with van der Waals surface area (Å²) in [5.74, 6) is -0.00192. The third-order valence-corrected chi connectivity index (χ3v) is 4.52. The second-order valence-electron chi connectivity index (χ2n) is 4.09. The van der Waals surface area contributed by atoms with Crippen LogP contribution in [-0.2, 0) is 27.1 Å². The van der Waals surface area contributed by atoms with Crippen LogP contribution in [-0.4, -0.2) is 40.0 Å². The Morgan fingerprint density at radius 3 is 2.28 bits per heavy atom. The van der Waals surface area contributed by atoms with E-state index >= 15 is 0 Å². The van der Waals surface area contributed by atoms with Crippen LogP contribution in [0.15, 0.2) is 24.3 Å². The minimum atomic E-state index is -3.28. The van der Waals surface area contributed by atoms with Gasteiger partial charge in [0, 0.05) is 27.2 Å². The van der Waals surface area contributed by atoms with E-state index in [-0.39, 0.29) is 5.75 Å². The highest BCUT2D eigenvalue weighted by Gasteiger charge is 2.17. The Labute approximate surface area is 109 Å².